The molecule has 2 aliphatic rings. The van der Waals surface area contributed by atoms with Crippen molar-refractivity contribution in [2.45, 2.75) is 57.5 Å². The van der Waals surface area contributed by atoms with Crippen molar-refractivity contribution in [2.24, 2.45) is 5.92 Å². The Hall–Kier alpha value is -0.940. The van der Waals surface area contributed by atoms with Gasteiger partial charge in [0.25, 0.3) is 0 Å². The highest BCUT2D eigenvalue weighted by atomic mass is 16.5. The normalized spacial score (nSPS) is 24.3. The van der Waals surface area contributed by atoms with Crippen molar-refractivity contribution in [1.29, 1.82) is 0 Å². The average Bonchev–Trinajstić information content (AvgIpc) is 2.88. The summed E-state index contributed by atoms with van der Waals surface area (Å²) >= 11 is 0. The van der Waals surface area contributed by atoms with Crippen LogP contribution in [0.5, 0.6) is 0 Å². The molecule has 112 valence electrons. The van der Waals surface area contributed by atoms with E-state index in [1.165, 1.54) is 19.3 Å². The van der Waals surface area contributed by atoms with Crippen LogP contribution in [0.4, 0.5) is 0 Å². The first kappa shape index (κ1) is 14.0. The van der Waals surface area contributed by atoms with E-state index in [1.807, 2.05) is 6.92 Å². The first-order valence-corrected chi connectivity index (χ1v) is 7.94. The summed E-state index contributed by atoms with van der Waals surface area (Å²) in [4.78, 5) is 4.70. The minimum absolute atomic E-state index is 0.299. The Morgan fingerprint density at radius 1 is 1.35 bits per heavy atom. The Morgan fingerprint density at radius 3 is 2.70 bits per heavy atom. The first-order chi connectivity index (χ1) is 9.75. The smallest absolute Gasteiger partial charge is 0.229 e. The zero-order chi connectivity index (χ0) is 14.0. The van der Waals surface area contributed by atoms with Crippen LogP contribution in [0.2, 0.25) is 0 Å². The minimum atomic E-state index is -0.299. The zero-order valence-electron chi connectivity index (χ0n) is 12.5. The fourth-order valence-electron chi connectivity index (χ4n) is 3.30. The molecule has 1 atom stereocenters. The number of nitrogens with zero attached hydrogens (tertiary/aromatic N) is 2. The number of hydrogen-bond acceptors (Lipinski definition) is 5. The second-order valence-electron chi connectivity index (χ2n) is 6.15. The van der Waals surface area contributed by atoms with Crippen LogP contribution in [0.25, 0.3) is 0 Å². The van der Waals surface area contributed by atoms with Gasteiger partial charge in [-0.15, -0.1) is 0 Å². The number of aromatic nitrogens is 2. The van der Waals surface area contributed by atoms with Gasteiger partial charge < -0.3 is 14.6 Å². The van der Waals surface area contributed by atoms with Crippen LogP contribution >= 0.6 is 0 Å². The Morgan fingerprint density at radius 2 is 2.10 bits per heavy atom. The molecule has 1 unspecified atom stereocenters. The third-order valence-electron chi connectivity index (χ3n) is 4.84. The minimum Gasteiger partial charge on any atom is -0.367 e. The van der Waals surface area contributed by atoms with Gasteiger partial charge in [0.05, 0.1) is 0 Å². The first-order valence-electron chi connectivity index (χ1n) is 7.94. The van der Waals surface area contributed by atoms with Crippen molar-refractivity contribution < 1.29 is 9.26 Å². The van der Waals surface area contributed by atoms with Crippen LogP contribution in [-0.2, 0) is 10.3 Å². The summed E-state index contributed by atoms with van der Waals surface area (Å²) in [5, 5.41) is 7.56. The van der Waals surface area contributed by atoms with Gasteiger partial charge in [-0.1, -0.05) is 31.3 Å². The van der Waals surface area contributed by atoms with Gasteiger partial charge in [0, 0.05) is 12.5 Å². The molecule has 2 heterocycles. The lowest BCUT2D eigenvalue weighted by Gasteiger charge is -2.34. The van der Waals surface area contributed by atoms with E-state index in [4.69, 9.17) is 14.2 Å². The molecular formula is C15H25N3O2. The molecule has 0 radical (unpaired) electrons. The molecule has 2 fully saturated rings. The maximum Gasteiger partial charge on any atom is 0.229 e. The van der Waals surface area contributed by atoms with E-state index in [1.54, 1.807) is 0 Å². The molecule has 0 bridgehead atoms. The van der Waals surface area contributed by atoms with Crippen molar-refractivity contribution in [3.8, 4) is 0 Å². The summed E-state index contributed by atoms with van der Waals surface area (Å²) in [7, 11) is 0. The molecule has 1 aromatic heterocycles. The molecule has 1 N–H and O–H groups in total. The van der Waals surface area contributed by atoms with Gasteiger partial charge in [0.15, 0.2) is 0 Å². The maximum atomic E-state index is 6.05. The van der Waals surface area contributed by atoms with E-state index in [9.17, 15) is 0 Å². The number of nitrogens with one attached hydrogen (secondary N) is 1. The predicted molar refractivity (Wildman–Crippen MR) is 75.5 cm³/mol. The summed E-state index contributed by atoms with van der Waals surface area (Å²) in [6, 6.07) is 0. The summed E-state index contributed by atoms with van der Waals surface area (Å²) in [6.45, 7) is 7.02. The summed E-state index contributed by atoms with van der Waals surface area (Å²) in [5.41, 5.74) is -0.299. The van der Waals surface area contributed by atoms with Crippen molar-refractivity contribution in [1.82, 2.24) is 15.5 Å². The van der Waals surface area contributed by atoms with Crippen LogP contribution in [0.3, 0.4) is 0 Å². The van der Waals surface area contributed by atoms with Crippen molar-refractivity contribution in [3.63, 3.8) is 0 Å². The van der Waals surface area contributed by atoms with Gasteiger partial charge >= 0.3 is 0 Å². The second kappa shape index (κ2) is 5.82. The molecule has 20 heavy (non-hydrogen) atoms. The fourth-order valence-corrected chi connectivity index (χ4v) is 3.30. The maximum absolute atomic E-state index is 6.05. The number of ether oxygens (including phenoxy) is 1. The molecule has 5 nitrogen and oxygen atoms in total. The van der Waals surface area contributed by atoms with Gasteiger partial charge in [-0.25, -0.2) is 0 Å². The topological polar surface area (TPSA) is 60.2 Å². The van der Waals surface area contributed by atoms with Crippen LogP contribution in [-0.4, -0.2) is 29.8 Å². The van der Waals surface area contributed by atoms with Gasteiger partial charge in [-0.3, -0.25) is 0 Å². The molecule has 1 aromatic rings. The van der Waals surface area contributed by atoms with E-state index < -0.39 is 0 Å². The summed E-state index contributed by atoms with van der Waals surface area (Å²) < 4.78 is 11.6. The van der Waals surface area contributed by atoms with Crippen LogP contribution in [0.1, 0.15) is 63.6 Å². The third-order valence-corrected chi connectivity index (χ3v) is 4.84. The second-order valence-corrected chi connectivity index (χ2v) is 6.15. The van der Waals surface area contributed by atoms with Gasteiger partial charge in [0.1, 0.15) is 5.60 Å². The largest absolute Gasteiger partial charge is 0.367 e. The van der Waals surface area contributed by atoms with Gasteiger partial charge in [-0.2, -0.15) is 4.98 Å². The summed E-state index contributed by atoms with van der Waals surface area (Å²) in [5.74, 6) is 2.50. The molecule has 3 rings (SSSR count). The quantitative estimate of drug-likeness (QED) is 0.897. The summed E-state index contributed by atoms with van der Waals surface area (Å²) in [6.07, 6.45) is 5.68. The Bertz CT molecular complexity index is 431. The fraction of sp³-hybridized carbons (Fsp3) is 0.867. The zero-order valence-corrected chi connectivity index (χ0v) is 12.5. The Kier molecular flexibility index (Phi) is 4.08. The van der Waals surface area contributed by atoms with E-state index in [-0.39, 0.29) is 5.60 Å². The highest BCUT2D eigenvalue weighted by Gasteiger charge is 2.40. The Balaban J connectivity index is 1.79. The van der Waals surface area contributed by atoms with Crippen LogP contribution < -0.4 is 5.32 Å². The molecule has 1 saturated heterocycles. The average molecular weight is 279 g/mol. The molecule has 0 spiro atoms. The van der Waals surface area contributed by atoms with Gasteiger partial charge in [-0.05, 0) is 38.8 Å². The van der Waals surface area contributed by atoms with Crippen LogP contribution in [0, 0.1) is 5.92 Å². The van der Waals surface area contributed by atoms with E-state index >= 15 is 0 Å². The molecule has 1 saturated carbocycles. The van der Waals surface area contributed by atoms with Crippen molar-refractivity contribution >= 4 is 0 Å². The van der Waals surface area contributed by atoms with E-state index in [0.29, 0.717) is 18.4 Å². The van der Waals surface area contributed by atoms with E-state index in [0.717, 1.165) is 37.6 Å². The van der Waals surface area contributed by atoms with Gasteiger partial charge in [0.2, 0.25) is 11.7 Å². The lowest BCUT2D eigenvalue weighted by atomic mass is 9.84. The van der Waals surface area contributed by atoms with E-state index in [2.05, 4.69) is 17.4 Å². The predicted octanol–water partition coefficient (Wildman–Crippen LogP) is 2.59. The lowest BCUT2D eigenvalue weighted by molar-refractivity contribution is -0.0777. The lowest BCUT2D eigenvalue weighted by Crippen LogP contribution is -2.44. The molecule has 1 aliphatic heterocycles. The highest BCUT2D eigenvalue weighted by Crippen LogP contribution is 2.39. The van der Waals surface area contributed by atoms with Crippen LogP contribution in [0.15, 0.2) is 4.52 Å². The monoisotopic (exact) mass is 279 g/mol. The molecular weight excluding hydrogens is 254 g/mol. The Labute approximate surface area is 120 Å². The SMILES string of the molecule is CCOC1(c2noc(C(C)C3CNC3)n2)CCCCC1. The number of rotatable bonds is 5. The third kappa shape index (κ3) is 2.49. The number of hydrogen-bond donors (Lipinski definition) is 1. The molecule has 0 amide bonds. The standard InChI is InChI=1S/C15H25N3O2/c1-3-19-15(7-5-4-6-8-15)14-17-13(20-18-14)11(2)12-9-16-10-12/h11-12,16H,3-10H2,1-2H3. The molecule has 1 aliphatic carbocycles. The highest BCUT2D eigenvalue weighted by molar-refractivity contribution is 5.06. The molecule has 5 heteroatoms. The van der Waals surface area contributed by atoms with Crippen molar-refractivity contribution in [3.05, 3.63) is 11.7 Å². The van der Waals surface area contributed by atoms with Crippen molar-refractivity contribution in [2.75, 3.05) is 19.7 Å². The molecule has 0 aromatic carbocycles.